The Morgan fingerprint density at radius 1 is 1.24 bits per heavy atom. The van der Waals surface area contributed by atoms with E-state index >= 15 is 0 Å². The van der Waals surface area contributed by atoms with Crippen LogP contribution in [-0.4, -0.2) is 42.0 Å². The number of ether oxygens (including phenoxy) is 1. The second kappa shape index (κ2) is 8.07. The Morgan fingerprint density at radius 3 is 2.60 bits per heavy atom. The number of carbonyl (C=O) groups excluding carboxylic acids is 1. The first-order valence-electron chi connectivity index (χ1n) is 8.44. The second-order valence-electron chi connectivity index (χ2n) is 6.36. The minimum absolute atomic E-state index is 0.169. The van der Waals surface area contributed by atoms with Crippen molar-refractivity contribution in [1.29, 1.82) is 0 Å². The van der Waals surface area contributed by atoms with E-state index in [1.165, 1.54) is 12.1 Å². The Morgan fingerprint density at radius 2 is 1.96 bits per heavy atom. The number of amides is 1. The van der Waals surface area contributed by atoms with Crippen LogP contribution in [-0.2, 0) is 11.2 Å². The summed E-state index contributed by atoms with van der Waals surface area (Å²) < 4.78 is 18.8. The molecule has 0 saturated carbocycles. The molecule has 1 saturated heterocycles. The first-order chi connectivity index (χ1) is 12.1. The van der Waals surface area contributed by atoms with Crippen molar-refractivity contribution >= 4 is 11.6 Å². The van der Waals surface area contributed by atoms with Crippen molar-refractivity contribution in [1.82, 2.24) is 9.88 Å². The first-order valence-corrected chi connectivity index (χ1v) is 8.44. The minimum Gasteiger partial charge on any atom is -0.474 e. The molecule has 0 spiro atoms. The first kappa shape index (κ1) is 17.4. The van der Waals surface area contributed by atoms with Crippen LogP contribution in [0.2, 0.25) is 0 Å². The molecule has 1 fully saturated rings. The maximum absolute atomic E-state index is 12.9. The molecule has 0 bridgehead atoms. The molecule has 3 rings (SSSR count). The van der Waals surface area contributed by atoms with Crippen molar-refractivity contribution in [3.63, 3.8) is 0 Å². The predicted molar refractivity (Wildman–Crippen MR) is 94.1 cm³/mol. The normalized spacial score (nSPS) is 15.8. The highest BCUT2D eigenvalue weighted by Crippen LogP contribution is 2.18. The van der Waals surface area contributed by atoms with E-state index in [1.807, 2.05) is 0 Å². The largest absolute Gasteiger partial charge is 0.474 e. The molecule has 5 nitrogen and oxygen atoms in total. The molecule has 2 heterocycles. The number of halogens is 1. The van der Waals surface area contributed by atoms with Crippen LogP contribution in [0.1, 0.15) is 18.4 Å². The smallest absolute Gasteiger partial charge is 0.228 e. The monoisotopic (exact) mass is 343 g/mol. The number of pyridine rings is 1. The summed E-state index contributed by atoms with van der Waals surface area (Å²) in [6.07, 6.45) is 3.96. The van der Waals surface area contributed by atoms with E-state index in [9.17, 15) is 9.18 Å². The number of nitrogens with zero attached hydrogens (tertiary/aromatic N) is 2. The Labute approximate surface area is 146 Å². The zero-order chi connectivity index (χ0) is 17.6. The lowest BCUT2D eigenvalue weighted by Crippen LogP contribution is -2.35. The third-order valence-electron chi connectivity index (χ3n) is 4.25. The van der Waals surface area contributed by atoms with Gasteiger partial charge in [-0.1, -0.05) is 12.1 Å². The van der Waals surface area contributed by atoms with E-state index < -0.39 is 0 Å². The predicted octanol–water partition coefficient (Wildman–Crippen LogP) is 2.87. The Bertz CT molecular complexity index is 696. The summed E-state index contributed by atoms with van der Waals surface area (Å²) in [5.41, 5.74) is 1.37. The quantitative estimate of drug-likeness (QED) is 0.907. The summed E-state index contributed by atoms with van der Waals surface area (Å²) in [7, 11) is 2.11. The fraction of sp³-hybridized carbons (Fsp3) is 0.368. The van der Waals surface area contributed by atoms with Gasteiger partial charge in [0.25, 0.3) is 0 Å². The van der Waals surface area contributed by atoms with Crippen molar-refractivity contribution in [2.75, 3.05) is 25.5 Å². The van der Waals surface area contributed by atoms with Gasteiger partial charge in [0.2, 0.25) is 11.8 Å². The molecule has 6 heteroatoms. The summed E-state index contributed by atoms with van der Waals surface area (Å²) in [6, 6.07) is 9.45. The Hall–Kier alpha value is -2.47. The van der Waals surface area contributed by atoms with Crippen molar-refractivity contribution in [3.8, 4) is 5.88 Å². The highest BCUT2D eigenvalue weighted by atomic mass is 19.1. The zero-order valence-electron chi connectivity index (χ0n) is 14.2. The molecular formula is C19H22FN3O2. The van der Waals surface area contributed by atoms with Gasteiger partial charge in [0, 0.05) is 19.2 Å². The molecular weight excluding hydrogens is 321 g/mol. The van der Waals surface area contributed by atoms with Gasteiger partial charge in [-0.25, -0.2) is 9.37 Å². The van der Waals surface area contributed by atoms with Crippen molar-refractivity contribution in [2.24, 2.45) is 0 Å². The molecule has 1 aliphatic rings. The van der Waals surface area contributed by atoms with Crippen LogP contribution in [0.15, 0.2) is 42.6 Å². The summed E-state index contributed by atoms with van der Waals surface area (Å²) in [5, 5.41) is 2.78. The molecule has 0 aliphatic carbocycles. The van der Waals surface area contributed by atoms with Crippen LogP contribution >= 0.6 is 0 Å². The molecule has 1 aliphatic heterocycles. The number of aromatic nitrogens is 1. The molecule has 0 unspecified atom stereocenters. The van der Waals surface area contributed by atoms with Gasteiger partial charge in [0.1, 0.15) is 11.9 Å². The third-order valence-corrected chi connectivity index (χ3v) is 4.25. The van der Waals surface area contributed by atoms with Gasteiger partial charge < -0.3 is 15.0 Å². The Balaban J connectivity index is 1.50. The molecule has 132 valence electrons. The van der Waals surface area contributed by atoms with Crippen LogP contribution in [0.5, 0.6) is 5.88 Å². The fourth-order valence-corrected chi connectivity index (χ4v) is 2.79. The molecule has 25 heavy (non-hydrogen) atoms. The number of hydrogen-bond acceptors (Lipinski definition) is 4. The van der Waals surface area contributed by atoms with Gasteiger partial charge in [-0.05, 0) is 43.7 Å². The van der Waals surface area contributed by atoms with E-state index in [1.54, 1.807) is 30.5 Å². The second-order valence-corrected chi connectivity index (χ2v) is 6.36. The highest BCUT2D eigenvalue weighted by molar-refractivity contribution is 5.92. The van der Waals surface area contributed by atoms with Crippen molar-refractivity contribution in [2.45, 2.75) is 25.4 Å². The molecule has 0 radical (unpaired) electrons. The molecule has 1 N–H and O–H groups in total. The van der Waals surface area contributed by atoms with Gasteiger partial charge in [0.05, 0.1) is 18.3 Å². The number of carbonyl (C=O) groups is 1. The van der Waals surface area contributed by atoms with Gasteiger partial charge in [0.15, 0.2) is 0 Å². The van der Waals surface area contributed by atoms with E-state index in [4.69, 9.17) is 4.74 Å². The molecule has 1 amide bonds. The number of hydrogen-bond donors (Lipinski definition) is 1. The van der Waals surface area contributed by atoms with Crippen molar-refractivity contribution in [3.05, 3.63) is 54.0 Å². The fourth-order valence-electron chi connectivity index (χ4n) is 2.79. The molecule has 2 aromatic rings. The van der Waals surface area contributed by atoms with Gasteiger partial charge in [-0.3, -0.25) is 4.79 Å². The van der Waals surface area contributed by atoms with Crippen LogP contribution < -0.4 is 10.1 Å². The van der Waals surface area contributed by atoms with Crippen LogP contribution in [0.4, 0.5) is 10.1 Å². The van der Waals surface area contributed by atoms with Crippen molar-refractivity contribution < 1.29 is 13.9 Å². The maximum Gasteiger partial charge on any atom is 0.228 e. The number of rotatable bonds is 5. The summed E-state index contributed by atoms with van der Waals surface area (Å²) in [6.45, 7) is 2.06. The SMILES string of the molecule is CN1CCC(Oc2ccc(NC(=O)Cc3ccc(F)cc3)cn2)CC1. The van der Waals surface area contributed by atoms with Gasteiger partial charge in [-0.15, -0.1) is 0 Å². The van der Waals surface area contributed by atoms with E-state index in [-0.39, 0.29) is 24.2 Å². The number of likely N-dealkylation sites (tertiary alicyclic amines) is 1. The summed E-state index contributed by atoms with van der Waals surface area (Å²) in [5.74, 6) is 0.0945. The average molecular weight is 343 g/mol. The standard InChI is InChI=1S/C19H22FN3O2/c1-23-10-8-17(9-11-23)25-19-7-6-16(13-21-19)22-18(24)12-14-2-4-15(20)5-3-14/h2-7,13,17H,8-12H2,1H3,(H,22,24). The van der Waals surface area contributed by atoms with E-state index in [0.29, 0.717) is 11.6 Å². The third kappa shape index (κ3) is 5.26. The number of anilines is 1. The van der Waals surface area contributed by atoms with E-state index in [0.717, 1.165) is 31.5 Å². The molecule has 1 aromatic heterocycles. The van der Waals surface area contributed by atoms with Gasteiger partial charge >= 0.3 is 0 Å². The average Bonchev–Trinajstić information content (AvgIpc) is 2.61. The number of piperidine rings is 1. The van der Waals surface area contributed by atoms with Crippen LogP contribution in [0.3, 0.4) is 0 Å². The highest BCUT2D eigenvalue weighted by Gasteiger charge is 2.18. The number of nitrogens with one attached hydrogen (secondary N) is 1. The molecule has 1 aromatic carbocycles. The topological polar surface area (TPSA) is 54.5 Å². The lowest BCUT2D eigenvalue weighted by atomic mass is 10.1. The zero-order valence-corrected chi connectivity index (χ0v) is 14.2. The lowest BCUT2D eigenvalue weighted by Gasteiger charge is -2.28. The number of benzene rings is 1. The van der Waals surface area contributed by atoms with Crippen LogP contribution in [0, 0.1) is 5.82 Å². The van der Waals surface area contributed by atoms with Crippen LogP contribution in [0.25, 0.3) is 0 Å². The molecule has 0 atom stereocenters. The van der Waals surface area contributed by atoms with Gasteiger partial charge in [-0.2, -0.15) is 0 Å². The lowest BCUT2D eigenvalue weighted by molar-refractivity contribution is -0.115. The maximum atomic E-state index is 12.9. The minimum atomic E-state index is -0.312. The van der Waals surface area contributed by atoms with E-state index in [2.05, 4.69) is 22.2 Å². The Kier molecular flexibility index (Phi) is 5.60. The summed E-state index contributed by atoms with van der Waals surface area (Å²) in [4.78, 5) is 18.6. The summed E-state index contributed by atoms with van der Waals surface area (Å²) >= 11 is 0.